The van der Waals surface area contributed by atoms with Gasteiger partial charge in [-0.1, -0.05) is 66.7 Å². The van der Waals surface area contributed by atoms with Crippen LogP contribution in [-0.4, -0.2) is 22.3 Å². The average molecular weight is 376 g/mol. The fourth-order valence-corrected chi connectivity index (χ4v) is 2.76. The highest BCUT2D eigenvalue weighted by Crippen LogP contribution is 2.19. The lowest BCUT2D eigenvalue weighted by molar-refractivity contribution is -0.384. The molecule has 0 saturated carbocycles. The fraction of sp³-hybridized carbons (Fsp3) is 0.136. The molecule has 142 valence electrons. The summed E-state index contributed by atoms with van der Waals surface area (Å²) < 4.78 is 5.52. The number of hydrogen-bond donors (Lipinski definition) is 0. The summed E-state index contributed by atoms with van der Waals surface area (Å²) in [6.07, 6.45) is 0. The molecule has 0 saturated heterocycles. The zero-order valence-corrected chi connectivity index (χ0v) is 15.2. The van der Waals surface area contributed by atoms with Crippen LogP contribution in [0.1, 0.15) is 11.1 Å². The highest BCUT2D eigenvalue weighted by molar-refractivity contribution is 5.77. The third-order valence-corrected chi connectivity index (χ3v) is 4.18. The van der Waals surface area contributed by atoms with Crippen LogP contribution in [0.5, 0.6) is 5.75 Å². The Balaban J connectivity index is 1.70. The molecule has 0 N–H and O–H groups in total. The Morgan fingerprint density at radius 2 is 1.43 bits per heavy atom. The van der Waals surface area contributed by atoms with Crippen molar-refractivity contribution >= 4 is 11.6 Å². The van der Waals surface area contributed by atoms with Crippen molar-refractivity contribution in [2.75, 3.05) is 6.61 Å². The number of ether oxygens (including phenoxy) is 1. The number of rotatable bonds is 8. The van der Waals surface area contributed by atoms with E-state index in [2.05, 4.69) is 0 Å². The number of benzene rings is 3. The second kappa shape index (κ2) is 9.32. The summed E-state index contributed by atoms with van der Waals surface area (Å²) in [5.74, 6) is 0.0983. The van der Waals surface area contributed by atoms with Crippen LogP contribution in [-0.2, 0) is 17.9 Å². The molecule has 0 fully saturated rings. The number of amides is 1. The maximum atomic E-state index is 12.8. The highest BCUT2D eigenvalue weighted by Gasteiger charge is 2.16. The minimum absolute atomic E-state index is 0.0737. The quantitative estimate of drug-likeness (QED) is 0.436. The summed E-state index contributed by atoms with van der Waals surface area (Å²) in [6.45, 7) is 0.709. The van der Waals surface area contributed by atoms with Gasteiger partial charge in [-0.25, -0.2) is 0 Å². The summed E-state index contributed by atoms with van der Waals surface area (Å²) in [7, 11) is 0. The summed E-state index contributed by atoms with van der Waals surface area (Å²) in [5.41, 5.74) is 1.96. The zero-order valence-electron chi connectivity index (χ0n) is 15.2. The van der Waals surface area contributed by atoms with Crippen LogP contribution in [0.3, 0.4) is 0 Å². The minimum atomic E-state index is -0.494. The number of nitrogens with zero attached hydrogens (tertiary/aromatic N) is 2. The highest BCUT2D eigenvalue weighted by atomic mass is 16.6. The molecule has 0 aliphatic carbocycles. The third kappa shape index (κ3) is 5.41. The average Bonchev–Trinajstić information content (AvgIpc) is 2.73. The molecule has 0 aliphatic heterocycles. The molecule has 3 aromatic rings. The molecule has 6 nitrogen and oxygen atoms in total. The SMILES string of the molecule is O=C(COc1cccc([N+](=O)[O-])c1)N(Cc1ccccc1)Cc1ccccc1. The van der Waals surface area contributed by atoms with Crippen molar-refractivity contribution < 1.29 is 14.5 Å². The van der Waals surface area contributed by atoms with Gasteiger partial charge in [0, 0.05) is 19.2 Å². The second-order valence-electron chi connectivity index (χ2n) is 6.26. The first kappa shape index (κ1) is 19.1. The molecule has 0 aromatic heterocycles. The monoisotopic (exact) mass is 376 g/mol. The number of nitro benzene ring substituents is 1. The van der Waals surface area contributed by atoms with Crippen LogP contribution < -0.4 is 4.74 Å². The Bertz CT molecular complexity index is 888. The maximum Gasteiger partial charge on any atom is 0.273 e. The van der Waals surface area contributed by atoms with Gasteiger partial charge in [0.25, 0.3) is 11.6 Å². The number of carbonyl (C=O) groups is 1. The number of non-ortho nitro benzene ring substituents is 1. The van der Waals surface area contributed by atoms with Gasteiger partial charge in [-0.3, -0.25) is 14.9 Å². The number of carbonyl (C=O) groups excluding carboxylic acids is 1. The lowest BCUT2D eigenvalue weighted by Gasteiger charge is -2.23. The molecule has 0 heterocycles. The van der Waals surface area contributed by atoms with E-state index in [0.717, 1.165) is 11.1 Å². The standard InChI is InChI=1S/C22H20N2O4/c25-22(17-28-21-13-7-12-20(14-21)24(26)27)23(15-18-8-3-1-4-9-18)16-19-10-5-2-6-11-19/h1-14H,15-17H2. The van der Waals surface area contributed by atoms with Gasteiger partial charge in [0.05, 0.1) is 11.0 Å². The van der Waals surface area contributed by atoms with Crippen LogP contribution in [0, 0.1) is 10.1 Å². The van der Waals surface area contributed by atoms with E-state index in [-0.39, 0.29) is 18.2 Å². The molecule has 0 unspecified atom stereocenters. The molecule has 3 aromatic carbocycles. The second-order valence-corrected chi connectivity index (χ2v) is 6.26. The van der Waals surface area contributed by atoms with Gasteiger partial charge in [0.2, 0.25) is 0 Å². The van der Waals surface area contributed by atoms with Crippen molar-refractivity contribution in [1.29, 1.82) is 0 Å². The van der Waals surface area contributed by atoms with Crippen LogP contribution >= 0.6 is 0 Å². The molecule has 0 radical (unpaired) electrons. The van der Waals surface area contributed by atoms with E-state index in [1.807, 2.05) is 60.7 Å². The number of nitro groups is 1. The smallest absolute Gasteiger partial charge is 0.273 e. The van der Waals surface area contributed by atoms with E-state index in [4.69, 9.17) is 4.74 Å². The van der Waals surface area contributed by atoms with Gasteiger partial charge in [0.1, 0.15) is 5.75 Å². The molecule has 0 spiro atoms. The van der Waals surface area contributed by atoms with Crippen LogP contribution in [0.4, 0.5) is 5.69 Å². The van der Waals surface area contributed by atoms with Crippen molar-refractivity contribution in [2.24, 2.45) is 0 Å². The van der Waals surface area contributed by atoms with Gasteiger partial charge in [-0.2, -0.15) is 0 Å². The van der Waals surface area contributed by atoms with Gasteiger partial charge >= 0.3 is 0 Å². The van der Waals surface area contributed by atoms with E-state index < -0.39 is 4.92 Å². The normalized spacial score (nSPS) is 10.3. The van der Waals surface area contributed by atoms with Gasteiger partial charge < -0.3 is 9.64 Å². The maximum absolute atomic E-state index is 12.8. The molecule has 6 heteroatoms. The Morgan fingerprint density at radius 3 is 1.96 bits per heavy atom. The van der Waals surface area contributed by atoms with E-state index in [0.29, 0.717) is 18.8 Å². The number of hydrogen-bond acceptors (Lipinski definition) is 4. The zero-order chi connectivity index (χ0) is 19.8. The Labute approximate surface area is 163 Å². The lowest BCUT2D eigenvalue weighted by atomic mass is 10.1. The minimum Gasteiger partial charge on any atom is -0.484 e. The Hall–Kier alpha value is -3.67. The molecule has 0 aliphatic rings. The molecule has 0 atom stereocenters. The molecule has 3 rings (SSSR count). The summed E-state index contributed by atoms with van der Waals surface area (Å²) in [6, 6.07) is 25.3. The predicted octanol–water partition coefficient (Wildman–Crippen LogP) is 4.20. The van der Waals surface area contributed by atoms with Crippen molar-refractivity contribution in [1.82, 2.24) is 4.90 Å². The first-order valence-corrected chi connectivity index (χ1v) is 8.85. The van der Waals surface area contributed by atoms with Crippen LogP contribution in [0.15, 0.2) is 84.9 Å². The summed E-state index contributed by atoms with van der Waals surface area (Å²) in [4.78, 5) is 24.9. The fourth-order valence-electron chi connectivity index (χ4n) is 2.76. The van der Waals surface area contributed by atoms with Crippen LogP contribution in [0.25, 0.3) is 0 Å². The first-order chi connectivity index (χ1) is 13.6. The van der Waals surface area contributed by atoms with Crippen molar-refractivity contribution in [2.45, 2.75) is 13.1 Å². The van der Waals surface area contributed by atoms with Gasteiger partial charge in [-0.05, 0) is 17.2 Å². The van der Waals surface area contributed by atoms with E-state index >= 15 is 0 Å². The topological polar surface area (TPSA) is 72.7 Å². The van der Waals surface area contributed by atoms with Crippen molar-refractivity contribution in [3.63, 3.8) is 0 Å². The lowest BCUT2D eigenvalue weighted by Crippen LogP contribution is -2.34. The summed E-state index contributed by atoms with van der Waals surface area (Å²) in [5, 5.41) is 10.9. The van der Waals surface area contributed by atoms with E-state index in [9.17, 15) is 14.9 Å². The van der Waals surface area contributed by atoms with E-state index in [1.165, 1.54) is 18.2 Å². The largest absolute Gasteiger partial charge is 0.484 e. The Morgan fingerprint density at radius 1 is 0.857 bits per heavy atom. The van der Waals surface area contributed by atoms with E-state index in [1.54, 1.807) is 11.0 Å². The third-order valence-electron chi connectivity index (χ3n) is 4.18. The molecule has 28 heavy (non-hydrogen) atoms. The van der Waals surface area contributed by atoms with Crippen molar-refractivity contribution in [3.05, 3.63) is 106 Å². The first-order valence-electron chi connectivity index (χ1n) is 8.85. The van der Waals surface area contributed by atoms with Gasteiger partial charge in [-0.15, -0.1) is 0 Å². The van der Waals surface area contributed by atoms with Crippen LogP contribution in [0.2, 0.25) is 0 Å². The molecule has 1 amide bonds. The van der Waals surface area contributed by atoms with Gasteiger partial charge in [0.15, 0.2) is 6.61 Å². The molecular weight excluding hydrogens is 356 g/mol. The predicted molar refractivity (Wildman–Crippen MR) is 106 cm³/mol. The Kier molecular flexibility index (Phi) is 6.36. The molecular formula is C22H20N2O4. The summed E-state index contributed by atoms with van der Waals surface area (Å²) >= 11 is 0. The van der Waals surface area contributed by atoms with Crippen molar-refractivity contribution in [3.8, 4) is 5.75 Å². The molecule has 0 bridgehead atoms.